The summed E-state index contributed by atoms with van der Waals surface area (Å²) in [5, 5.41) is 3.06. The number of hydrogen-bond acceptors (Lipinski definition) is 4. The minimum absolute atomic E-state index is 0.00684. The SMILES string of the molecule is O=C(Nc1ccc2nc(-c3ccc(F)cc3)[nH]c2c1)C1CCN(Cc2cccnc2)CC1. The highest BCUT2D eigenvalue weighted by molar-refractivity contribution is 5.94. The monoisotopic (exact) mass is 429 g/mol. The first-order chi connectivity index (χ1) is 15.6. The summed E-state index contributed by atoms with van der Waals surface area (Å²) in [6, 6.07) is 15.9. The predicted octanol–water partition coefficient (Wildman–Crippen LogP) is 4.61. The van der Waals surface area contributed by atoms with Crippen LogP contribution in [0.3, 0.4) is 0 Å². The van der Waals surface area contributed by atoms with Gasteiger partial charge in [-0.25, -0.2) is 9.37 Å². The van der Waals surface area contributed by atoms with Crippen molar-refractivity contribution in [2.45, 2.75) is 19.4 Å². The fourth-order valence-corrected chi connectivity index (χ4v) is 4.18. The molecule has 6 nitrogen and oxygen atoms in total. The summed E-state index contributed by atoms with van der Waals surface area (Å²) < 4.78 is 13.2. The number of amides is 1. The van der Waals surface area contributed by atoms with Gasteiger partial charge < -0.3 is 10.3 Å². The first-order valence-corrected chi connectivity index (χ1v) is 10.8. The second-order valence-electron chi connectivity index (χ2n) is 8.23. The van der Waals surface area contributed by atoms with Crippen molar-refractivity contribution in [2.24, 2.45) is 5.92 Å². The van der Waals surface area contributed by atoms with Gasteiger partial charge in [0.2, 0.25) is 5.91 Å². The zero-order valence-electron chi connectivity index (χ0n) is 17.6. The highest BCUT2D eigenvalue weighted by atomic mass is 19.1. The number of hydrogen-bond donors (Lipinski definition) is 2. The van der Waals surface area contributed by atoms with Gasteiger partial charge in [-0.15, -0.1) is 0 Å². The van der Waals surface area contributed by atoms with E-state index >= 15 is 0 Å². The minimum Gasteiger partial charge on any atom is -0.338 e. The summed E-state index contributed by atoms with van der Waals surface area (Å²) in [5.74, 6) is 0.457. The molecule has 4 aromatic rings. The highest BCUT2D eigenvalue weighted by Crippen LogP contribution is 2.25. The molecule has 0 spiro atoms. The van der Waals surface area contributed by atoms with Crippen molar-refractivity contribution in [2.75, 3.05) is 18.4 Å². The molecule has 0 atom stereocenters. The number of likely N-dealkylation sites (tertiary alicyclic amines) is 1. The van der Waals surface area contributed by atoms with Crippen LogP contribution in [0, 0.1) is 11.7 Å². The van der Waals surface area contributed by atoms with E-state index < -0.39 is 0 Å². The first kappa shape index (κ1) is 20.3. The second-order valence-corrected chi connectivity index (χ2v) is 8.23. The Bertz CT molecular complexity index is 1210. The zero-order chi connectivity index (χ0) is 21.9. The molecule has 0 bridgehead atoms. The van der Waals surface area contributed by atoms with Crippen molar-refractivity contribution in [1.29, 1.82) is 0 Å². The molecule has 7 heteroatoms. The van der Waals surface area contributed by atoms with E-state index in [0.717, 1.165) is 54.8 Å². The van der Waals surface area contributed by atoms with Crippen molar-refractivity contribution >= 4 is 22.6 Å². The molecule has 1 fully saturated rings. The topological polar surface area (TPSA) is 73.9 Å². The Balaban J connectivity index is 1.21. The largest absolute Gasteiger partial charge is 0.338 e. The van der Waals surface area contributed by atoms with Gasteiger partial charge in [0.15, 0.2) is 0 Å². The zero-order valence-corrected chi connectivity index (χ0v) is 17.6. The number of H-pyrrole nitrogens is 1. The summed E-state index contributed by atoms with van der Waals surface area (Å²) in [6.45, 7) is 2.66. The summed E-state index contributed by atoms with van der Waals surface area (Å²) in [5.41, 5.74) is 4.38. The van der Waals surface area contributed by atoms with Gasteiger partial charge in [-0.1, -0.05) is 6.07 Å². The van der Waals surface area contributed by atoms with Crippen LogP contribution in [-0.4, -0.2) is 38.8 Å². The van der Waals surface area contributed by atoms with Crippen LogP contribution in [0.1, 0.15) is 18.4 Å². The number of nitrogens with zero attached hydrogens (tertiary/aromatic N) is 3. The molecule has 0 aliphatic carbocycles. The van der Waals surface area contributed by atoms with E-state index in [1.54, 1.807) is 18.3 Å². The van der Waals surface area contributed by atoms with Crippen molar-refractivity contribution in [1.82, 2.24) is 19.9 Å². The van der Waals surface area contributed by atoms with Gasteiger partial charge in [0.25, 0.3) is 0 Å². The molecule has 2 aromatic heterocycles. The number of aromatic amines is 1. The normalized spacial score (nSPS) is 15.2. The molecule has 2 aromatic carbocycles. The van der Waals surface area contributed by atoms with Crippen LogP contribution in [0.4, 0.5) is 10.1 Å². The lowest BCUT2D eigenvalue weighted by Crippen LogP contribution is -2.37. The number of aromatic nitrogens is 3. The molecule has 0 saturated carbocycles. The Morgan fingerprint density at radius 2 is 1.94 bits per heavy atom. The number of benzene rings is 2. The van der Waals surface area contributed by atoms with E-state index in [1.165, 1.54) is 17.7 Å². The number of imidazole rings is 1. The average molecular weight is 429 g/mol. The Morgan fingerprint density at radius 3 is 2.69 bits per heavy atom. The molecule has 0 unspecified atom stereocenters. The van der Waals surface area contributed by atoms with Crippen LogP contribution in [-0.2, 0) is 11.3 Å². The molecular weight excluding hydrogens is 405 g/mol. The Kier molecular flexibility index (Phi) is 5.64. The quantitative estimate of drug-likeness (QED) is 0.486. The number of carbonyl (C=O) groups is 1. The molecule has 1 aliphatic rings. The maximum atomic E-state index is 13.2. The summed E-state index contributed by atoms with van der Waals surface area (Å²) >= 11 is 0. The van der Waals surface area contributed by atoms with E-state index in [0.29, 0.717) is 5.82 Å². The van der Waals surface area contributed by atoms with Crippen molar-refractivity contribution < 1.29 is 9.18 Å². The number of rotatable bonds is 5. The van der Waals surface area contributed by atoms with Crippen molar-refractivity contribution in [3.63, 3.8) is 0 Å². The van der Waals surface area contributed by atoms with Gasteiger partial charge in [-0.2, -0.15) is 0 Å². The molecule has 162 valence electrons. The van der Waals surface area contributed by atoms with E-state index in [1.807, 2.05) is 30.5 Å². The van der Waals surface area contributed by atoms with Crippen LogP contribution >= 0.6 is 0 Å². The molecule has 2 N–H and O–H groups in total. The van der Waals surface area contributed by atoms with Crippen molar-refractivity contribution in [3.05, 3.63) is 78.4 Å². The van der Waals surface area contributed by atoms with Gasteiger partial charge in [-0.3, -0.25) is 14.7 Å². The summed E-state index contributed by atoms with van der Waals surface area (Å²) in [6.07, 6.45) is 5.36. The van der Waals surface area contributed by atoms with Gasteiger partial charge in [0.1, 0.15) is 11.6 Å². The fraction of sp³-hybridized carbons (Fsp3) is 0.240. The summed E-state index contributed by atoms with van der Waals surface area (Å²) in [4.78, 5) is 27.2. The minimum atomic E-state index is -0.280. The number of halogens is 1. The third-order valence-electron chi connectivity index (χ3n) is 5.95. The number of piperidine rings is 1. The van der Waals surface area contributed by atoms with E-state index in [4.69, 9.17) is 0 Å². The van der Waals surface area contributed by atoms with E-state index in [-0.39, 0.29) is 17.6 Å². The lowest BCUT2D eigenvalue weighted by molar-refractivity contribution is -0.121. The number of fused-ring (bicyclic) bond motifs is 1. The molecular formula is C25H24FN5O. The van der Waals surface area contributed by atoms with Crippen LogP contribution in [0.5, 0.6) is 0 Å². The van der Waals surface area contributed by atoms with Crippen LogP contribution in [0.2, 0.25) is 0 Å². The standard InChI is InChI=1S/C25H24FN5O/c26-20-5-3-18(4-6-20)24-29-22-8-7-21(14-23(22)30-24)28-25(32)19-9-12-31(13-10-19)16-17-2-1-11-27-15-17/h1-8,11,14-15,19H,9-10,12-13,16H2,(H,28,32)(H,29,30). The molecule has 1 amide bonds. The molecule has 3 heterocycles. The highest BCUT2D eigenvalue weighted by Gasteiger charge is 2.25. The second kappa shape index (κ2) is 8.88. The molecule has 1 saturated heterocycles. The predicted molar refractivity (Wildman–Crippen MR) is 122 cm³/mol. The Morgan fingerprint density at radius 1 is 1.12 bits per heavy atom. The third-order valence-corrected chi connectivity index (χ3v) is 5.95. The number of nitrogens with one attached hydrogen (secondary N) is 2. The van der Waals surface area contributed by atoms with Crippen LogP contribution < -0.4 is 5.32 Å². The fourth-order valence-electron chi connectivity index (χ4n) is 4.18. The molecule has 32 heavy (non-hydrogen) atoms. The van der Waals surface area contributed by atoms with Gasteiger partial charge >= 0.3 is 0 Å². The smallest absolute Gasteiger partial charge is 0.227 e. The van der Waals surface area contributed by atoms with Crippen molar-refractivity contribution in [3.8, 4) is 11.4 Å². The van der Waals surface area contributed by atoms with E-state index in [9.17, 15) is 9.18 Å². The van der Waals surface area contributed by atoms with Gasteiger partial charge in [-0.05, 0) is 80.0 Å². The van der Waals surface area contributed by atoms with Crippen LogP contribution in [0.25, 0.3) is 22.4 Å². The molecule has 5 rings (SSSR count). The summed E-state index contributed by atoms with van der Waals surface area (Å²) in [7, 11) is 0. The molecule has 1 aliphatic heterocycles. The number of pyridine rings is 1. The maximum absolute atomic E-state index is 13.2. The lowest BCUT2D eigenvalue weighted by Gasteiger charge is -2.31. The number of anilines is 1. The average Bonchev–Trinajstić information content (AvgIpc) is 3.24. The number of carbonyl (C=O) groups excluding carboxylic acids is 1. The van der Waals surface area contributed by atoms with Gasteiger partial charge in [0.05, 0.1) is 11.0 Å². The van der Waals surface area contributed by atoms with Gasteiger partial charge in [0, 0.05) is 36.1 Å². The Labute approximate surface area is 185 Å². The molecule has 0 radical (unpaired) electrons. The first-order valence-electron chi connectivity index (χ1n) is 10.8. The Hall–Kier alpha value is -3.58. The maximum Gasteiger partial charge on any atom is 0.227 e. The third kappa shape index (κ3) is 4.53. The van der Waals surface area contributed by atoms with Crippen LogP contribution in [0.15, 0.2) is 67.0 Å². The van der Waals surface area contributed by atoms with E-state index in [2.05, 4.69) is 31.2 Å². The lowest BCUT2D eigenvalue weighted by atomic mass is 9.95.